The van der Waals surface area contributed by atoms with Gasteiger partial charge in [-0.1, -0.05) is 18.5 Å². The molecule has 86 valence electrons. The Hall–Kier alpha value is -0.0300. The highest BCUT2D eigenvalue weighted by Crippen LogP contribution is 2.15. The monoisotopic (exact) mass is 227 g/mol. The summed E-state index contributed by atoms with van der Waals surface area (Å²) in [6.45, 7) is 11.0. The first-order valence-electron chi connectivity index (χ1n) is 5.87. The summed E-state index contributed by atoms with van der Waals surface area (Å²) in [5.74, 6) is 0. The van der Waals surface area contributed by atoms with E-state index >= 15 is 0 Å². The van der Waals surface area contributed by atoms with Crippen molar-refractivity contribution >= 4 is 11.9 Å². The molecule has 2 fully saturated rings. The number of hydrogen-bond donors (Lipinski definition) is 1. The van der Waals surface area contributed by atoms with E-state index in [1.807, 2.05) is 5.41 Å². The Morgan fingerprint density at radius 2 is 2.13 bits per heavy atom. The van der Waals surface area contributed by atoms with Gasteiger partial charge in [-0.2, -0.15) is 0 Å². The number of nitrogens with one attached hydrogen (secondary N) is 1. The molecular weight excluding hydrogens is 206 g/mol. The molecule has 15 heavy (non-hydrogen) atoms. The van der Waals surface area contributed by atoms with E-state index in [4.69, 9.17) is 0 Å². The zero-order valence-electron chi connectivity index (χ0n) is 9.32. The van der Waals surface area contributed by atoms with Crippen LogP contribution in [-0.4, -0.2) is 54.5 Å². The summed E-state index contributed by atoms with van der Waals surface area (Å²) in [6.07, 6.45) is 2.77. The van der Waals surface area contributed by atoms with Gasteiger partial charge in [0.2, 0.25) is 0 Å². The normalized spacial score (nSPS) is 29.5. The highest BCUT2D eigenvalue weighted by molar-refractivity contribution is 7.99. The zero-order chi connectivity index (χ0) is 10.5. The molecule has 0 radical (unpaired) electrons. The standard InChI is InChI=1S/C11H21N3S/c1-2-15-14-8-5-12-11(10-14)9-13-6-3-4-7-13/h2,11-12H,1,3-10H2/t11-/m0/s1. The minimum absolute atomic E-state index is 0.643. The van der Waals surface area contributed by atoms with Crippen LogP contribution < -0.4 is 5.32 Å². The molecule has 0 bridgehead atoms. The Kier molecular flexibility index (Phi) is 4.50. The third-order valence-electron chi connectivity index (χ3n) is 3.12. The zero-order valence-corrected chi connectivity index (χ0v) is 10.1. The van der Waals surface area contributed by atoms with Crippen LogP contribution >= 0.6 is 11.9 Å². The van der Waals surface area contributed by atoms with Crippen LogP contribution in [-0.2, 0) is 0 Å². The Balaban J connectivity index is 1.73. The number of rotatable bonds is 4. The topological polar surface area (TPSA) is 18.5 Å². The number of hydrogen-bond acceptors (Lipinski definition) is 4. The van der Waals surface area contributed by atoms with Crippen LogP contribution in [0.4, 0.5) is 0 Å². The first-order valence-corrected chi connectivity index (χ1v) is 6.70. The molecule has 2 saturated heterocycles. The molecule has 2 rings (SSSR count). The fourth-order valence-corrected chi connectivity index (χ4v) is 3.07. The van der Waals surface area contributed by atoms with E-state index in [2.05, 4.69) is 21.1 Å². The van der Waals surface area contributed by atoms with Gasteiger partial charge in [-0.3, -0.25) is 0 Å². The maximum atomic E-state index is 3.77. The second kappa shape index (κ2) is 5.89. The van der Waals surface area contributed by atoms with E-state index in [1.54, 1.807) is 11.9 Å². The summed E-state index contributed by atoms with van der Waals surface area (Å²) >= 11 is 1.75. The molecule has 0 amide bonds. The van der Waals surface area contributed by atoms with Gasteiger partial charge in [0.15, 0.2) is 0 Å². The van der Waals surface area contributed by atoms with Gasteiger partial charge < -0.3 is 10.2 Å². The van der Waals surface area contributed by atoms with Crippen molar-refractivity contribution in [1.29, 1.82) is 0 Å². The van der Waals surface area contributed by atoms with E-state index in [-0.39, 0.29) is 0 Å². The largest absolute Gasteiger partial charge is 0.310 e. The lowest BCUT2D eigenvalue weighted by Gasteiger charge is -2.34. The maximum absolute atomic E-state index is 3.77. The van der Waals surface area contributed by atoms with Crippen molar-refractivity contribution in [3.63, 3.8) is 0 Å². The maximum Gasteiger partial charge on any atom is 0.0332 e. The Morgan fingerprint density at radius 3 is 2.87 bits per heavy atom. The quantitative estimate of drug-likeness (QED) is 0.726. The second-order valence-electron chi connectivity index (χ2n) is 4.32. The van der Waals surface area contributed by atoms with Crippen LogP contribution in [0.5, 0.6) is 0 Å². The minimum atomic E-state index is 0.643. The molecule has 2 heterocycles. The molecule has 4 heteroatoms. The Morgan fingerprint density at radius 1 is 1.33 bits per heavy atom. The minimum Gasteiger partial charge on any atom is -0.310 e. The van der Waals surface area contributed by atoms with E-state index in [0.717, 1.165) is 19.6 Å². The first-order chi connectivity index (χ1) is 7.38. The van der Waals surface area contributed by atoms with Gasteiger partial charge >= 0.3 is 0 Å². The SMILES string of the molecule is C=CSN1CCN[C@@H](CN2CCCC2)C1. The molecule has 0 aliphatic carbocycles. The van der Waals surface area contributed by atoms with Gasteiger partial charge in [0.05, 0.1) is 0 Å². The average molecular weight is 227 g/mol. The predicted molar refractivity (Wildman–Crippen MR) is 66.8 cm³/mol. The molecule has 1 atom stereocenters. The van der Waals surface area contributed by atoms with Crippen LogP contribution in [0.15, 0.2) is 12.0 Å². The number of likely N-dealkylation sites (tertiary alicyclic amines) is 1. The molecule has 0 unspecified atom stereocenters. The second-order valence-corrected chi connectivity index (χ2v) is 5.38. The summed E-state index contributed by atoms with van der Waals surface area (Å²) in [5, 5.41) is 5.53. The smallest absolute Gasteiger partial charge is 0.0332 e. The molecule has 3 nitrogen and oxygen atoms in total. The summed E-state index contributed by atoms with van der Waals surface area (Å²) in [5.41, 5.74) is 0. The van der Waals surface area contributed by atoms with Gasteiger partial charge in [-0.25, -0.2) is 4.31 Å². The molecule has 1 N–H and O–H groups in total. The summed E-state index contributed by atoms with van der Waals surface area (Å²) in [6, 6.07) is 0.643. The van der Waals surface area contributed by atoms with Crippen molar-refractivity contribution in [2.75, 3.05) is 39.3 Å². The molecule has 2 aliphatic heterocycles. The van der Waals surface area contributed by atoms with Crippen LogP contribution in [0.1, 0.15) is 12.8 Å². The van der Waals surface area contributed by atoms with Crippen molar-refractivity contribution in [2.45, 2.75) is 18.9 Å². The van der Waals surface area contributed by atoms with Gasteiger partial charge in [0.1, 0.15) is 0 Å². The lowest BCUT2D eigenvalue weighted by Crippen LogP contribution is -2.52. The lowest BCUT2D eigenvalue weighted by atomic mass is 10.2. The highest BCUT2D eigenvalue weighted by atomic mass is 32.2. The Labute approximate surface area is 97.0 Å². The summed E-state index contributed by atoms with van der Waals surface area (Å²) < 4.78 is 2.41. The van der Waals surface area contributed by atoms with Crippen molar-refractivity contribution in [2.24, 2.45) is 0 Å². The van der Waals surface area contributed by atoms with Gasteiger partial charge in [0, 0.05) is 32.2 Å². The van der Waals surface area contributed by atoms with E-state index < -0.39 is 0 Å². The number of piperazine rings is 1. The molecular formula is C11H21N3S. The van der Waals surface area contributed by atoms with E-state index in [0.29, 0.717) is 6.04 Å². The van der Waals surface area contributed by atoms with Crippen LogP contribution in [0, 0.1) is 0 Å². The van der Waals surface area contributed by atoms with Crippen molar-refractivity contribution in [3.8, 4) is 0 Å². The van der Waals surface area contributed by atoms with Gasteiger partial charge in [0.25, 0.3) is 0 Å². The molecule has 0 aromatic carbocycles. The highest BCUT2D eigenvalue weighted by Gasteiger charge is 2.22. The average Bonchev–Trinajstić information content (AvgIpc) is 2.71. The fourth-order valence-electron chi connectivity index (χ4n) is 2.40. The van der Waals surface area contributed by atoms with Crippen molar-refractivity contribution in [1.82, 2.24) is 14.5 Å². The lowest BCUT2D eigenvalue weighted by molar-refractivity contribution is 0.238. The molecule has 0 aromatic rings. The Bertz CT molecular complexity index is 204. The number of nitrogens with zero attached hydrogens (tertiary/aromatic N) is 2. The fraction of sp³-hybridized carbons (Fsp3) is 0.818. The van der Waals surface area contributed by atoms with Crippen LogP contribution in [0.2, 0.25) is 0 Å². The van der Waals surface area contributed by atoms with E-state index in [1.165, 1.54) is 32.5 Å². The van der Waals surface area contributed by atoms with Crippen LogP contribution in [0.3, 0.4) is 0 Å². The molecule has 0 aromatic heterocycles. The summed E-state index contributed by atoms with van der Waals surface area (Å²) in [7, 11) is 0. The molecule has 0 spiro atoms. The molecule has 2 aliphatic rings. The van der Waals surface area contributed by atoms with Crippen molar-refractivity contribution < 1.29 is 0 Å². The summed E-state index contributed by atoms with van der Waals surface area (Å²) in [4.78, 5) is 2.58. The third-order valence-corrected chi connectivity index (χ3v) is 3.90. The van der Waals surface area contributed by atoms with Crippen LogP contribution in [0.25, 0.3) is 0 Å². The third kappa shape index (κ3) is 3.48. The molecule has 0 saturated carbocycles. The van der Waals surface area contributed by atoms with Gasteiger partial charge in [-0.15, -0.1) is 0 Å². The van der Waals surface area contributed by atoms with E-state index in [9.17, 15) is 0 Å². The van der Waals surface area contributed by atoms with Crippen molar-refractivity contribution in [3.05, 3.63) is 12.0 Å². The van der Waals surface area contributed by atoms with Gasteiger partial charge in [-0.05, 0) is 31.3 Å². The first kappa shape index (κ1) is 11.5. The predicted octanol–water partition coefficient (Wildman–Crippen LogP) is 1.15.